The average molecular weight is 458 g/mol. The van der Waals surface area contributed by atoms with E-state index in [4.69, 9.17) is 5.73 Å². The molecule has 0 spiro atoms. The van der Waals surface area contributed by atoms with Gasteiger partial charge in [-0.15, -0.1) is 0 Å². The number of rotatable bonds is 6. The van der Waals surface area contributed by atoms with Crippen LogP contribution in [-0.4, -0.2) is 39.5 Å². The van der Waals surface area contributed by atoms with Crippen molar-refractivity contribution in [2.75, 3.05) is 16.3 Å². The maximum absolute atomic E-state index is 12.7. The molecule has 1 atom stereocenters. The number of carbonyl (C=O) groups is 2. The van der Waals surface area contributed by atoms with E-state index in [1.54, 1.807) is 19.3 Å². The molecule has 2 aliphatic rings. The fourth-order valence-electron chi connectivity index (χ4n) is 4.81. The van der Waals surface area contributed by atoms with Gasteiger partial charge in [-0.3, -0.25) is 9.59 Å². The smallest absolute Gasteiger partial charge is 0.286 e. The third-order valence-electron chi connectivity index (χ3n) is 6.68. The lowest BCUT2D eigenvalue weighted by Gasteiger charge is -2.44. The summed E-state index contributed by atoms with van der Waals surface area (Å²) < 4.78 is 0. The average Bonchev–Trinajstić information content (AvgIpc) is 3.69. The fraction of sp³-hybridized carbons (Fsp3) is 0.308. The normalized spacial score (nSPS) is 17.4. The highest BCUT2D eigenvalue weighted by molar-refractivity contribution is 5.98. The number of primary amides is 1. The van der Waals surface area contributed by atoms with E-state index in [0.29, 0.717) is 12.5 Å². The molecule has 0 bridgehead atoms. The second-order valence-electron chi connectivity index (χ2n) is 8.96. The third kappa shape index (κ3) is 4.12. The largest absolute Gasteiger partial charge is 0.392 e. The van der Waals surface area contributed by atoms with Crippen LogP contribution in [0.1, 0.15) is 41.5 Å². The summed E-state index contributed by atoms with van der Waals surface area (Å²) >= 11 is 0. The summed E-state index contributed by atoms with van der Waals surface area (Å²) in [5.74, 6) is -0.162. The number of amides is 2. The summed E-state index contributed by atoms with van der Waals surface area (Å²) in [6.07, 6.45) is 5.43. The third-order valence-corrected chi connectivity index (χ3v) is 6.68. The molecule has 1 aromatic heterocycles. The number of aliphatic hydroxyl groups is 1. The van der Waals surface area contributed by atoms with Gasteiger partial charge in [-0.2, -0.15) is 0 Å². The summed E-state index contributed by atoms with van der Waals surface area (Å²) in [5, 5.41) is 9.84. The summed E-state index contributed by atoms with van der Waals surface area (Å²) in [6.45, 7) is 2.95. The van der Waals surface area contributed by atoms with Crippen LogP contribution in [0.3, 0.4) is 0 Å². The van der Waals surface area contributed by atoms with Gasteiger partial charge in [-0.25, -0.2) is 9.97 Å². The molecule has 3 N–H and O–H groups in total. The molecule has 1 fully saturated rings. The minimum absolute atomic E-state index is 0.0217. The Morgan fingerprint density at radius 1 is 1.03 bits per heavy atom. The minimum atomic E-state index is -0.672. The first kappa shape index (κ1) is 22.0. The maximum Gasteiger partial charge on any atom is 0.286 e. The predicted octanol–water partition coefficient (Wildman–Crippen LogP) is 2.89. The molecule has 1 aliphatic carbocycles. The second kappa shape index (κ2) is 8.87. The van der Waals surface area contributed by atoms with Gasteiger partial charge in [0.1, 0.15) is 0 Å². The van der Waals surface area contributed by atoms with Crippen LogP contribution in [0.15, 0.2) is 54.9 Å². The number of hydrogen-bond acceptors (Lipinski definition) is 6. The van der Waals surface area contributed by atoms with E-state index in [0.717, 1.165) is 53.0 Å². The highest BCUT2D eigenvalue weighted by Gasteiger charge is 2.42. The lowest BCUT2D eigenvalue weighted by molar-refractivity contribution is -0.117. The van der Waals surface area contributed by atoms with Crippen LogP contribution >= 0.6 is 0 Å². The van der Waals surface area contributed by atoms with Gasteiger partial charge in [0.25, 0.3) is 5.91 Å². The van der Waals surface area contributed by atoms with Crippen molar-refractivity contribution in [2.24, 2.45) is 11.7 Å². The molecule has 8 nitrogen and oxygen atoms in total. The number of carbonyl (C=O) groups excluding carboxylic acids is 2. The van der Waals surface area contributed by atoms with E-state index >= 15 is 0 Å². The minimum Gasteiger partial charge on any atom is -0.392 e. The van der Waals surface area contributed by atoms with E-state index in [1.165, 1.54) is 0 Å². The van der Waals surface area contributed by atoms with Crippen LogP contribution in [0.25, 0.3) is 11.1 Å². The van der Waals surface area contributed by atoms with E-state index in [-0.39, 0.29) is 24.4 Å². The van der Waals surface area contributed by atoms with Crippen molar-refractivity contribution in [3.63, 3.8) is 0 Å². The van der Waals surface area contributed by atoms with Crippen molar-refractivity contribution in [3.05, 3.63) is 71.8 Å². The van der Waals surface area contributed by atoms with Gasteiger partial charge in [0.15, 0.2) is 0 Å². The van der Waals surface area contributed by atoms with E-state index < -0.39 is 5.91 Å². The number of anilines is 2. The summed E-state index contributed by atoms with van der Waals surface area (Å²) in [5.41, 5.74) is 10.7. The fourth-order valence-corrected chi connectivity index (χ4v) is 4.81. The molecule has 0 radical (unpaired) electrons. The van der Waals surface area contributed by atoms with Crippen LogP contribution in [0.2, 0.25) is 0 Å². The molecule has 5 rings (SSSR count). The Morgan fingerprint density at radius 3 is 2.35 bits per heavy atom. The molecule has 2 aromatic carbocycles. The zero-order chi connectivity index (χ0) is 23.8. The van der Waals surface area contributed by atoms with Gasteiger partial charge in [0, 0.05) is 38.0 Å². The van der Waals surface area contributed by atoms with Crippen molar-refractivity contribution in [2.45, 2.75) is 39.0 Å². The van der Waals surface area contributed by atoms with E-state index in [1.807, 2.05) is 47.4 Å². The number of aromatic nitrogens is 2. The van der Waals surface area contributed by atoms with Crippen molar-refractivity contribution >= 4 is 23.2 Å². The van der Waals surface area contributed by atoms with Crippen molar-refractivity contribution in [1.82, 2.24) is 9.97 Å². The van der Waals surface area contributed by atoms with Gasteiger partial charge >= 0.3 is 0 Å². The summed E-state index contributed by atoms with van der Waals surface area (Å²) in [6, 6.07) is 14.0. The topological polar surface area (TPSA) is 113 Å². The van der Waals surface area contributed by atoms with E-state index in [9.17, 15) is 14.7 Å². The molecule has 1 aliphatic heterocycles. The molecule has 2 heterocycles. The zero-order valence-corrected chi connectivity index (χ0v) is 19.0. The van der Waals surface area contributed by atoms with Gasteiger partial charge < -0.3 is 20.6 Å². The SMILES string of the molecule is CC(=O)N1c2ccc(-c3cnc(C(N)=O)nc3)cc2N(Cc2ccccc2CO)C[C@@H]1C1CC1. The first-order valence-corrected chi connectivity index (χ1v) is 11.4. The van der Waals surface area contributed by atoms with Crippen LogP contribution in [0.5, 0.6) is 0 Å². The highest BCUT2D eigenvalue weighted by Crippen LogP contribution is 2.45. The number of nitrogens with zero attached hydrogens (tertiary/aromatic N) is 4. The van der Waals surface area contributed by atoms with Gasteiger partial charge in [-0.05, 0) is 47.6 Å². The summed E-state index contributed by atoms with van der Waals surface area (Å²) in [4.78, 5) is 36.5. The number of aliphatic hydroxyl groups excluding tert-OH is 1. The van der Waals surface area contributed by atoms with Crippen LogP contribution in [0.4, 0.5) is 11.4 Å². The first-order chi connectivity index (χ1) is 16.5. The lowest BCUT2D eigenvalue weighted by Crippen LogP contribution is -2.52. The maximum atomic E-state index is 12.7. The Balaban J connectivity index is 1.58. The standard InChI is InChI=1S/C26H27N5O3/c1-16(33)31-22-9-8-18(21-11-28-26(25(27)34)29-12-21)10-23(22)30(14-24(31)17-6-7-17)13-19-4-2-3-5-20(19)15-32/h2-5,8-12,17,24,32H,6-7,13-15H2,1H3,(H2,27,34)/t24-/m1/s1. The van der Waals surface area contributed by atoms with Gasteiger partial charge in [0.2, 0.25) is 11.7 Å². The molecule has 174 valence electrons. The van der Waals surface area contributed by atoms with Crippen molar-refractivity contribution < 1.29 is 14.7 Å². The molecular weight excluding hydrogens is 430 g/mol. The molecule has 0 saturated heterocycles. The molecule has 0 unspecified atom stereocenters. The predicted molar refractivity (Wildman–Crippen MR) is 129 cm³/mol. The lowest BCUT2D eigenvalue weighted by atomic mass is 9.98. The van der Waals surface area contributed by atoms with Crippen LogP contribution in [0, 0.1) is 5.92 Å². The molecular formula is C26H27N5O3. The molecule has 3 aromatic rings. The van der Waals surface area contributed by atoms with Gasteiger partial charge in [-0.1, -0.05) is 30.3 Å². The monoisotopic (exact) mass is 457 g/mol. The Morgan fingerprint density at radius 2 is 1.74 bits per heavy atom. The Bertz CT molecular complexity index is 1240. The Labute approximate surface area is 198 Å². The second-order valence-corrected chi connectivity index (χ2v) is 8.96. The number of hydrogen-bond donors (Lipinski definition) is 2. The van der Waals surface area contributed by atoms with Crippen molar-refractivity contribution in [3.8, 4) is 11.1 Å². The number of fused-ring (bicyclic) bond motifs is 1. The Hall–Kier alpha value is -3.78. The highest BCUT2D eigenvalue weighted by atomic mass is 16.3. The molecule has 34 heavy (non-hydrogen) atoms. The molecule has 1 saturated carbocycles. The molecule has 8 heteroatoms. The van der Waals surface area contributed by atoms with E-state index in [2.05, 4.69) is 14.9 Å². The Kier molecular flexibility index (Phi) is 5.75. The van der Waals surface area contributed by atoms with Crippen molar-refractivity contribution in [1.29, 1.82) is 0 Å². The quantitative estimate of drug-likeness (QED) is 0.589. The first-order valence-electron chi connectivity index (χ1n) is 11.4. The number of nitrogens with two attached hydrogens (primary N) is 1. The molecule has 2 amide bonds. The zero-order valence-electron chi connectivity index (χ0n) is 19.0. The van der Waals surface area contributed by atoms with Crippen LogP contribution in [-0.2, 0) is 17.9 Å². The van der Waals surface area contributed by atoms with Crippen LogP contribution < -0.4 is 15.5 Å². The summed E-state index contributed by atoms with van der Waals surface area (Å²) in [7, 11) is 0. The van der Waals surface area contributed by atoms with Gasteiger partial charge in [0.05, 0.1) is 24.0 Å². The number of benzene rings is 2.